The van der Waals surface area contributed by atoms with Crippen molar-refractivity contribution >= 4 is 5.78 Å². The summed E-state index contributed by atoms with van der Waals surface area (Å²) in [6.07, 6.45) is 4.17. The van der Waals surface area contributed by atoms with E-state index in [0.717, 1.165) is 11.1 Å². The van der Waals surface area contributed by atoms with E-state index in [2.05, 4.69) is 13.2 Å². The fourth-order valence-corrected chi connectivity index (χ4v) is 1.50. The van der Waals surface area contributed by atoms with Crippen molar-refractivity contribution in [3.63, 3.8) is 0 Å². The molecule has 0 saturated carbocycles. The van der Waals surface area contributed by atoms with Crippen LogP contribution >= 0.6 is 0 Å². The first kappa shape index (κ1) is 12.2. The predicted molar refractivity (Wildman–Crippen MR) is 68.5 cm³/mol. The number of Topliss-reactive ketones (excluding diaryl/α,β-unsaturated/α-hetero) is 1. The highest BCUT2D eigenvalue weighted by molar-refractivity contribution is 6.09. The van der Waals surface area contributed by atoms with Gasteiger partial charge in [0.1, 0.15) is 0 Å². The SMILES string of the molecule is C=CC/C(C=C)=C(/C)C(=O)c1ccccc1. The zero-order valence-corrected chi connectivity index (χ0v) is 9.57. The molecule has 1 rings (SSSR count). The van der Waals surface area contributed by atoms with Crippen LogP contribution in [-0.4, -0.2) is 5.78 Å². The highest BCUT2D eigenvalue weighted by Crippen LogP contribution is 2.15. The number of hydrogen-bond acceptors (Lipinski definition) is 1. The molecule has 0 amide bonds. The average Bonchev–Trinajstić information content (AvgIpc) is 2.35. The van der Waals surface area contributed by atoms with Crippen LogP contribution < -0.4 is 0 Å². The van der Waals surface area contributed by atoms with Gasteiger partial charge in [0.15, 0.2) is 5.78 Å². The number of benzene rings is 1. The van der Waals surface area contributed by atoms with Crippen molar-refractivity contribution in [1.82, 2.24) is 0 Å². The fraction of sp³-hybridized carbons (Fsp3) is 0.133. The summed E-state index contributed by atoms with van der Waals surface area (Å²) in [5.41, 5.74) is 2.38. The van der Waals surface area contributed by atoms with Gasteiger partial charge in [0.2, 0.25) is 0 Å². The van der Waals surface area contributed by atoms with Crippen LogP contribution in [0.15, 0.2) is 66.8 Å². The maximum absolute atomic E-state index is 12.1. The van der Waals surface area contributed by atoms with Gasteiger partial charge in [-0.15, -0.1) is 6.58 Å². The summed E-state index contributed by atoms with van der Waals surface area (Å²) in [5, 5.41) is 0. The Hall–Kier alpha value is -1.89. The molecule has 0 aliphatic rings. The van der Waals surface area contributed by atoms with Crippen molar-refractivity contribution in [2.24, 2.45) is 0 Å². The first-order chi connectivity index (χ1) is 7.70. The molecule has 1 aromatic rings. The van der Waals surface area contributed by atoms with E-state index in [1.807, 2.05) is 37.3 Å². The molecule has 0 saturated heterocycles. The lowest BCUT2D eigenvalue weighted by molar-refractivity contribution is 0.103. The van der Waals surface area contributed by atoms with Gasteiger partial charge >= 0.3 is 0 Å². The van der Waals surface area contributed by atoms with Crippen molar-refractivity contribution in [1.29, 1.82) is 0 Å². The fourth-order valence-electron chi connectivity index (χ4n) is 1.50. The van der Waals surface area contributed by atoms with E-state index in [4.69, 9.17) is 0 Å². The summed E-state index contributed by atoms with van der Waals surface area (Å²) in [7, 11) is 0. The van der Waals surface area contributed by atoms with Gasteiger partial charge in [-0.2, -0.15) is 0 Å². The van der Waals surface area contributed by atoms with Crippen molar-refractivity contribution in [3.8, 4) is 0 Å². The molecule has 0 unspecified atom stereocenters. The third-order valence-corrected chi connectivity index (χ3v) is 2.47. The minimum atomic E-state index is 0.0531. The van der Waals surface area contributed by atoms with Gasteiger partial charge in [0.05, 0.1) is 0 Å². The molecular weight excluding hydrogens is 196 g/mol. The Balaban J connectivity index is 3.05. The van der Waals surface area contributed by atoms with Crippen molar-refractivity contribution in [2.45, 2.75) is 13.3 Å². The largest absolute Gasteiger partial charge is 0.289 e. The number of carbonyl (C=O) groups excluding carboxylic acids is 1. The van der Waals surface area contributed by atoms with Crippen LogP contribution in [0.4, 0.5) is 0 Å². The van der Waals surface area contributed by atoms with Gasteiger partial charge in [0, 0.05) is 11.1 Å². The number of allylic oxidation sites excluding steroid dienone is 4. The van der Waals surface area contributed by atoms with Crippen LogP contribution in [0, 0.1) is 0 Å². The van der Waals surface area contributed by atoms with Crippen molar-refractivity contribution < 1.29 is 4.79 Å². The average molecular weight is 212 g/mol. The molecule has 1 aromatic carbocycles. The Morgan fingerprint density at radius 1 is 1.25 bits per heavy atom. The molecule has 1 nitrogen and oxygen atoms in total. The zero-order chi connectivity index (χ0) is 12.0. The van der Waals surface area contributed by atoms with E-state index in [9.17, 15) is 4.79 Å². The standard InChI is InChI=1S/C15H16O/c1-4-9-13(5-2)12(3)15(16)14-10-7-6-8-11-14/h4-8,10-11H,1-2,9H2,3H3/b13-12-. The molecule has 0 aliphatic heterocycles. The third kappa shape index (κ3) is 2.80. The molecule has 0 bridgehead atoms. The lowest BCUT2D eigenvalue weighted by Gasteiger charge is -2.05. The molecule has 0 aromatic heterocycles. The molecule has 0 fully saturated rings. The molecule has 1 heteroatoms. The van der Waals surface area contributed by atoms with Crippen LogP contribution in [0.1, 0.15) is 23.7 Å². The molecule has 16 heavy (non-hydrogen) atoms. The first-order valence-electron chi connectivity index (χ1n) is 5.23. The smallest absolute Gasteiger partial charge is 0.189 e. The van der Waals surface area contributed by atoms with Crippen LogP contribution in [0.25, 0.3) is 0 Å². The minimum absolute atomic E-state index is 0.0531. The van der Waals surface area contributed by atoms with Gasteiger partial charge in [0.25, 0.3) is 0 Å². The second-order valence-electron chi connectivity index (χ2n) is 3.54. The van der Waals surface area contributed by atoms with Crippen molar-refractivity contribution in [2.75, 3.05) is 0 Å². The Morgan fingerprint density at radius 3 is 2.38 bits per heavy atom. The Morgan fingerprint density at radius 2 is 1.88 bits per heavy atom. The van der Waals surface area contributed by atoms with Crippen LogP contribution in [-0.2, 0) is 0 Å². The molecule has 0 radical (unpaired) electrons. The maximum atomic E-state index is 12.1. The highest BCUT2D eigenvalue weighted by Gasteiger charge is 2.09. The van der Waals surface area contributed by atoms with Crippen LogP contribution in [0.2, 0.25) is 0 Å². The molecule has 0 spiro atoms. The minimum Gasteiger partial charge on any atom is -0.289 e. The van der Waals surface area contributed by atoms with E-state index in [-0.39, 0.29) is 5.78 Å². The normalized spacial score (nSPS) is 11.6. The number of carbonyl (C=O) groups is 1. The third-order valence-electron chi connectivity index (χ3n) is 2.47. The molecular formula is C15H16O. The van der Waals surface area contributed by atoms with E-state index < -0.39 is 0 Å². The van der Waals surface area contributed by atoms with Gasteiger partial charge < -0.3 is 0 Å². The predicted octanol–water partition coefficient (Wildman–Crippen LogP) is 3.95. The summed E-state index contributed by atoms with van der Waals surface area (Å²) < 4.78 is 0. The summed E-state index contributed by atoms with van der Waals surface area (Å²) in [5.74, 6) is 0.0531. The van der Waals surface area contributed by atoms with Gasteiger partial charge in [-0.25, -0.2) is 0 Å². The number of hydrogen-bond donors (Lipinski definition) is 0. The lowest BCUT2D eigenvalue weighted by atomic mass is 9.98. The van der Waals surface area contributed by atoms with E-state index in [1.165, 1.54) is 0 Å². The number of ketones is 1. The summed E-state index contributed by atoms with van der Waals surface area (Å²) >= 11 is 0. The molecule has 82 valence electrons. The Bertz CT molecular complexity index is 424. The zero-order valence-electron chi connectivity index (χ0n) is 9.57. The highest BCUT2D eigenvalue weighted by atomic mass is 16.1. The maximum Gasteiger partial charge on any atom is 0.189 e. The topological polar surface area (TPSA) is 17.1 Å². The van der Waals surface area contributed by atoms with Crippen LogP contribution in [0.3, 0.4) is 0 Å². The van der Waals surface area contributed by atoms with Crippen LogP contribution in [0.5, 0.6) is 0 Å². The van der Waals surface area contributed by atoms with Gasteiger partial charge in [-0.1, -0.05) is 49.1 Å². The van der Waals surface area contributed by atoms with E-state index >= 15 is 0 Å². The second-order valence-corrected chi connectivity index (χ2v) is 3.54. The lowest BCUT2D eigenvalue weighted by Crippen LogP contribution is -2.02. The molecule has 0 aliphatic carbocycles. The summed E-state index contributed by atoms with van der Waals surface area (Å²) in [6, 6.07) is 9.26. The Labute approximate surface area is 96.8 Å². The van der Waals surface area contributed by atoms with Crippen molar-refractivity contribution in [3.05, 3.63) is 72.4 Å². The van der Waals surface area contributed by atoms with Gasteiger partial charge in [-0.3, -0.25) is 4.79 Å². The second kappa shape index (κ2) is 5.86. The Kier molecular flexibility index (Phi) is 4.46. The monoisotopic (exact) mass is 212 g/mol. The summed E-state index contributed by atoms with van der Waals surface area (Å²) in [4.78, 5) is 12.1. The first-order valence-corrected chi connectivity index (χ1v) is 5.23. The molecule has 0 N–H and O–H groups in total. The van der Waals surface area contributed by atoms with E-state index in [0.29, 0.717) is 12.0 Å². The van der Waals surface area contributed by atoms with E-state index in [1.54, 1.807) is 12.2 Å². The molecule has 0 heterocycles. The summed E-state index contributed by atoms with van der Waals surface area (Å²) in [6.45, 7) is 9.22. The molecule has 0 atom stereocenters. The quantitative estimate of drug-likeness (QED) is 0.312. The number of rotatable bonds is 5. The van der Waals surface area contributed by atoms with Gasteiger partial charge in [-0.05, 0) is 18.9 Å².